The molecule has 0 radical (unpaired) electrons. The molecule has 94 valence electrons. The molecule has 2 aliphatic rings. The first-order chi connectivity index (χ1) is 7.63. The molecule has 2 rings (SSSR count). The van der Waals surface area contributed by atoms with E-state index in [1.165, 1.54) is 44.9 Å². The summed E-state index contributed by atoms with van der Waals surface area (Å²) in [5, 5.41) is 1.03. The van der Waals surface area contributed by atoms with Gasteiger partial charge in [-0.2, -0.15) is 0 Å². The van der Waals surface area contributed by atoms with Gasteiger partial charge in [0.1, 0.15) is 0 Å². The van der Waals surface area contributed by atoms with Crippen LogP contribution >= 0.6 is 15.9 Å². The predicted molar refractivity (Wildman–Crippen MR) is 72.0 cm³/mol. The van der Waals surface area contributed by atoms with E-state index in [9.17, 15) is 0 Å². The summed E-state index contributed by atoms with van der Waals surface area (Å²) in [6.45, 7) is 4.75. The monoisotopic (exact) mass is 288 g/mol. The number of hydrogen-bond acceptors (Lipinski definition) is 1. The Morgan fingerprint density at radius 1 is 1.06 bits per heavy atom. The van der Waals surface area contributed by atoms with Crippen LogP contribution in [0.25, 0.3) is 0 Å². The smallest absolute Gasteiger partial charge is 0.0782 e. The molecule has 0 amide bonds. The summed E-state index contributed by atoms with van der Waals surface area (Å²) in [5.74, 6) is 1.70. The molecule has 2 heteroatoms. The first kappa shape index (κ1) is 12.9. The van der Waals surface area contributed by atoms with Crippen LogP contribution in [0.5, 0.6) is 0 Å². The van der Waals surface area contributed by atoms with Crippen LogP contribution in [0.2, 0.25) is 0 Å². The molecule has 1 nitrogen and oxygen atoms in total. The van der Waals surface area contributed by atoms with Crippen LogP contribution in [0.3, 0.4) is 0 Å². The zero-order valence-electron chi connectivity index (χ0n) is 10.7. The Balaban J connectivity index is 1.92. The van der Waals surface area contributed by atoms with Crippen LogP contribution < -0.4 is 0 Å². The molecule has 2 atom stereocenters. The summed E-state index contributed by atoms with van der Waals surface area (Å²) in [7, 11) is 0. The number of halogens is 1. The molecule has 2 aliphatic carbocycles. The second-order valence-corrected chi connectivity index (χ2v) is 6.74. The van der Waals surface area contributed by atoms with Gasteiger partial charge in [-0.05, 0) is 43.9 Å². The third-order valence-electron chi connectivity index (χ3n) is 4.31. The standard InChI is InChI=1S/C14H25BrO/c1-11-7-12(2)9-13(8-11)16-14(10-15)5-3-4-6-14/h11-13H,3-10H2,1-2H3. The topological polar surface area (TPSA) is 9.23 Å². The first-order valence-electron chi connectivity index (χ1n) is 6.87. The van der Waals surface area contributed by atoms with E-state index in [0.29, 0.717) is 6.10 Å². The summed E-state index contributed by atoms with van der Waals surface area (Å²) in [5.41, 5.74) is 0.182. The lowest BCUT2D eigenvalue weighted by atomic mass is 9.81. The highest BCUT2D eigenvalue weighted by Crippen LogP contribution is 2.39. The highest BCUT2D eigenvalue weighted by atomic mass is 79.9. The van der Waals surface area contributed by atoms with Crippen molar-refractivity contribution in [2.75, 3.05) is 5.33 Å². The third-order valence-corrected chi connectivity index (χ3v) is 5.33. The van der Waals surface area contributed by atoms with Crippen LogP contribution in [0.15, 0.2) is 0 Å². The van der Waals surface area contributed by atoms with E-state index >= 15 is 0 Å². The van der Waals surface area contributed by atoms with Crippen molar-refractivity contribution in [1.82, 2.24) is 0 Å². The third kappa shape index (κ3) is 3.01. The Morgan fingerprint density at radius 3 is 2.12 bits per heavy atom. The Hall–Kier alpha value is 0.440. The molecule has 0 spiro atoms. The van der Waals surface area contributed by atoms with Crippen molar-refractivity contribution < 1.29 is 4.74 Å². The maximum Gasteiger partial charge on any atom is 0.0782 e. The molecule has 0 bridgehead atoms. The van der Waals surface area contributed by atoms with Gasteiger partial charge >= 0.3 is 0 Å². The van der Waals surface area contributed by atoms with Crippen molar-refractivity contribution in [3.05, 3.63) is 0 Å². The van der Waals surface area contributed by atoms with Gasteiger partial charge in [0.2, 0.25) is 0 Å². The van der Waals surface area contributed by atoms with E-state index in [0.717, 1.165) is 17.2 Å². The van der Waals surface area contributed by atoms with E-state index in [4.69, 9.17) is 4.74 Å². The van der Waals surface area contributed by atoms with Crippen molar-refractivity contribution in [1.29, 1.82) is 0 Å². The average molecular weight is 289 g/mol. The summed E-state index contributed by atoms with van der Waals surface area (Å²) < 4.78 is 6.48. The fourth-order valence-electron chi connectivity index (χ4n) is 3.63. The van der Waals surface area contributed by atoms with E-state index in [1.807, 2.05) is 0 Å². The fraction of sp³-hybridized carbons (Fsp3) is 1.00. The van der Waals surface area contributed by atoms with E-state index in [2.05, 4.69) is 29.8 Å². The predicted octanol–water partition coefficient (Wildman–Crippen LogP) is 4.54. The molecule has 2 unspecified atom stereocenters. The molecule has 0 aliphatic heterocycles. The second-order valence-electron chi connectivity index (χ2n) is 6.18. The summed E-state index contributed by atoms with van der Waals surface area (Å²) >= 11 is 3.67. The van der Waals surface area contributed by atoms with Crippen LogP contribution in [-0.4, -0.2) is 17.0 Å². The fourth-order valence-corrected chi connectivity index (χ4v) is 4.32. The Labute approximate surface area is 108 Å². The second kappa shape index (κ2) is 5.39. The quantitative estimate of drug-likeness (QED) is 0.693. The number of ether oxygens (including phenoxy) is 1. The number of rotatable bonds is 3. The van der Waals surface area contributed by atoms with Gasteiger partial charge in [0, 0.05) is 5.33 Å². The van der Waals surface area contributed by atoms with Crippen LogP contribution in [-0.2, 0) is 4.74 Å². The van der Waals surface area contributed by atoms with Crippen molar-refractivity contribution in [2.24, 2.45) is 11.8 Å². The normalized spacial score (nSPS) is 38.8. The SMILES string of the molecule is CC1CC(C)CC(OC2(CBr)CCCC2)C1. The van der Waals surface area contributed by atoms with Gasteiger partial charge in [-0.3, -0.25) is 0 Å². The van der Waals surface area contributed by atoms with Gasteiger partial charge < -0.3 is 4.74 Å². The maximum atomic E-state index is 6.48. The molecule has 0 heterocycles. The molecule has 0 N–H and O–H groups in total. The highest BCUT2D eigenvalue weighted by molar-refractivity contribution is 9.09. The van der Waals surface area contributed by atoms with Crippen LogP contribution in [0.1, 0.15) is 58.8 Å². The minimum atomic E-state index is 0.182. The minimum Gasteiger partial charge on any atom is -0.371 e. The summed E-state index contributed by atoms with van der Waals surface area (Å²) in [6.07, 6.45) is 9.69. The largest absolute Gasteiger partial charge is 0.371 e. The Kier molecular flexibility index (Phi) is 4.34. The zero-order chi connectivity index (χ0) is 11.6. The molecule has 0 aromatic carbocycles. The molecule has 2 saturated carbocycles. The molecule has 0 aromatic rings. The lowest BCUT2D eigenvalue weighted by Gasteiger charge is -2.38. The molecular formula is C14H25BrO. The van der Waals surface area contributed by atoms with Gasteiger partial charge in [-0.25, -0.2) is 0 Å². The average Bonchev–Trinajstić information content (AvgIpc) is 2.65. The first-order valence-corrected chi connectivity index (χ1v) is 7.99. The Bertz CT molecular complexity index is 213. The van der Waals surface area contributed by atoms with E-state index in [-0.39, 0.29) is 5.60 Å². The van der Waals surface area contributed by atoms with Crippen LogP contribution in [0.4, 0.5) is 0 Å². The minimum absolute atomic E-state index is 0.182. The molecule has 0 saturated heterocycles. The number of alkyl halides is 1. The molecule has 2 fully saturated rings. The lowest BCUT2D eigenvalue weighted by Crippen LogP contribution is -2.38. The molecule has 0 aromatic heterocycles. The van der Waals surface area contributed by atoms with Crippen molar-refractivity contribution in [2.45, 2.75) is 70.5 Å². The number of hydrogen-bond donors (Lipinski definition) is 0. The van der Waals surface area contributed by atoms with Crippen molar-refractivity contribution in [3.63, 3.8) is 0 Å². The van der Waals surface area contributed by atoms with Crippen molar-refractivity contribution >= 4 is 15.9 Å². The Morgan fingerprint density at radius 2 is 1.62 bits per heavy atom. The lowest BCUT2D eigenvalue weighted by molar-refractivity contribution is -0.100. The molecule has 16 heavy (non-hydrogen) atoms. The van der Waals surface area contributed by atoms with Gasteiger partial charge in [0.15, 0.2) is 0 Å². The van der Waals surface area contributed by atoms with E-state index in [1.54, 1.807) is 0 Å². The van der Waals surface area contributed by atoms with Gasteiger partial charge in [0.05, 0.1) is 11.7 Å². The molecular weight excluding hydrogens is 264 g/mol. The van der Waals surface area contributed by atoms with Crippen LogP contribution in [0, 0.1) is 11.8 Å². The summed E-state index contributed by atoms with van der Waals surface area (Å²) in [6, 6.07) is 0. The van der Waals surface area contributed by atoms with Gasteiger partial charge in [0.25, 0.3) is 0 Å². The van der Waals surface area contributed by atoms with Gasteiger partial charge in [-0.1, -0.05) is 42.6 Å². The zero-order valence-corrected chi connectivity index (χ0v) is 12.3. The maximum absolute atomic E-state index is 6.48. The highest BCUT2D eigenvalue weighted by Gasteiger charge is 2.37. The van der Waals surface area contributed by atoms with Crippen molar-refractivity contribution in [3.8, 4) is 0 Å². The van der Waals surface area contributed by atoms with E-state index < -0.39 is 0 Å². The summed E-state index contributed by atoms with van der Waals surface area (Å²) in [4.78, 5) is 0. The van der Waals surface area contributed by atoms with Gasteiger partial charge in [-0.15, -0.1) is 0 Å².